The van der Waals surface area contributed by atoms with Crippen LogP contribution >= 0.6 is 23.2 Å². The van der Waals surface area contributed by atoms with E-state index in [1.807, 2.05) is 76.5 Å². The molecule has 2 unspecified atom stereocenters. The summed E-state index contributed by atoms with van der Waals surface area (Å²) < 4.78 is 72.8. The summed E-state index contributed by atoms with van der Waals surface area (Å²) in [7, 11) is 0.182. The highest BCUT2D eigenvalue weighted by Crippen LogP contribution is 2.50. The van der Waals surface area contributed by atoms with E-state index < -0.39 is 54.0 Å². The van der Waals surface area contributed by atoms with Crippen LogP contribution in [-0.4, -0.2) is 128 Å². The highest BCUT2D eigenvalue weighted by atomic mass is 35.5. The number of amides is 4. The second-order valence-corrected chi connectivity index (χ2v) is 35.2. The van der Waals surface area contributed by atoms with Crippen molar-refractivity contribution >= 4 is 78.0 Å². The van der Waals surface area contributed by atoms with Gasteiger partial charge in [0.05, 0.1) is 47.3 Å². The van der Waals surface area contributed by atoms with Crippen molar-refractivity contribution in [3.05, 3.63) is 176 Å². The normalized spacial score (nSPS) is 29.5. The Morgan fingerprint density at radius 2 is 1.02 bits per heavy atom. The average Bonchev–Trinajstić information content (AvgIpc) is 1.19. The van der Waals surface area contributed by atoms with E-state index in [9.17, 15) is 27.6 Å². The molecule has 2 aromatic heterocycles. The van der Waals surface area contributed by atoms with Crippen LogP contribution in [-0.2, 0) is 89.5 Å². The molecule has 24 heteroatoms. The Morgan fingerprint density at radius 1 is 0.587 bits per heavy atom. The van der Waals surface area contributed by atoms with Crippen molar-refractivity contribution < 1.29 is 46.5 Å². The number of carbonyl (C=O) groups excluding carboxylic acids is 4. The maximum absolute atomic E-state index is 14.8. The van der Waals surface area contributed by atoms with Crippen molar-refractivity contribution in [3.63, 3.8) is 0 Å². The van der Waals surface area contributed by atoms with E-state index in [-0.39, 0.29) is 35.9 Å². The number of benzene rings is 4. The number of hydrogen-bond acceptors (Lipinski definition) is 14. The molecule has 4 amide bonds. The van der Waals surface area contributed by atoms with Gasteiger partial charge >= 0.3 is 0 Å². The van der Waals surface area contributed by atoms with Gasteiger partial charge in [0, 0.05) is 123 Å². The zero-order valence-corrected chi connectivity index (χ0v) is 63.9. The molecule has 12 atom stereocenters. The predicted octanol–water partition coefficient (Wildman–Crippen LogP) is 14.0. The van der Waals surface area contributed by atoms with Gasteiger partial charge in [0.2, 0.25) is 11.8 Å². The molecular formula is C80H100Cl2N10O10S2. The number of aryl methyl sites for hydroxylation is 6. The number of nitrogens with one attached hydrogen (secondary N) is 2. The first-order valence-electron chi connectivity index (χ1n) is 37.4. The molecule has 20 nitrogen and oxygen atoms in total. The number of methoxy groups -OCH3 is 2. The van der Waals surface area contributed by atoms with Crippen molar-refractivity contribution in [1.82, 2.24) is 29.0 Å². The predicted molar refractivity (Wildman–Crippen MR) is 409 cm³/mol. The summed E-state index contributed by atoms with van der Waals surface area (Å²) in [5.74, 6) is 0.857. The maximum Gasteiger partial charge on any atom is 0.286 e. The molecule has 2 N–H and O–H groups in total. The van der Waals surface area contributed by atoms with Crippen LogP contribution in [0, 0.1) is 23.7 Å². The lowest BCUT2D eigenvalue weighted by molar-refractivity contribution is -0.120. The first kappa shape index (κ1) is 74.9. The Balaban J connectivity index is 0.000000185. The lowest BCUT2D eigenvalue weighted by atomic mass is 9.68. The van der Waals surface area contributed by atoms with Crippen molar-refractivity contribution in [3.8, 4) is 11.5 Å². The van der Waals surface area contributed by atoms with E-state index in [0.29, 0.717) is 111 Å². The molecule has 4 aromatic carbocycles. The molecule has 6 heterocycles. The molecule has 2 spiro atoms. The number of carbonyl (C=O) groups is 4. The second kappa shape index (κ2) is 32.4. The fraction of sp³-hybridized carbons (Fsp3) is 0.525. The van der Waals surface area contributed by atoms with Crippen LogP contribution in [0.4, 0.5) is 11.4 Å². The van der Waals surface area contributed by atoms with Crippen LogP contribution in [0.1, 0.15) is 171 Å². The molecule has 8 aliphatic rings. The minimum atomic E-state index is -3.50. The maximum atomic E-state index is 14.8. The summed E-state index contributed by atoms with van der Waals surface area (Å²) >= 11 is 12.9. The highest BCUT2D eigenvalue weighted by Gasteiger charge is 2.47. The zero-order valence-electron chi connectivity index (χ0n) is 60.8. The number of allylic oxidation sites excluding steroid dienone is 2. The number of aromatic nitrogens is 4. The van der Waals surface area contributed by atoms with E-state index >= 15 is 0 Å². The number of anilines is 2. The molecule has 104 heavy (non-hydrogen) atoms. The number of hydrogen-bond donors (Lipinski definition) is 2. The van der Waals surface area contributed by atoms with Crippen LogP contribution in [0.15, 0.2) is 130 Å². The number of fused-ring (bicyclic) bond motifs is 8. The Bertz CT molecular complexity index is 4220. The summed E-state index contributed by atoms with van der Waals surface area (Å²) in [4.78, 5) is 59.8. The van der Waals surface area contributed by atoms with Gasteiger partial charge in [0.25, 0.3) is 11.8 Å². The molecule has 0 radical (unpaired) electrons. The van der Waals surface area contributed by atoms with E-state index in [0.717, 1.165) is 123 Å². The first-order chi connectivity index (χ1) is 50.2. The van der Waals surface area contributed by atoms with Crippen LogP contribution in [0.25, 0.3) is 0 Å². The monoisotopic (exact) mass is 1490 g/mol. The van der Waals surface area contributed by atoms with Gasteiger partial charge in [-0.3, -0.25) is 38.0 Å². The SMILES string of the molecule is CC[C@@H]1CC/C=C/[C@H](OC)[C@@H]2CC[C@H]2CN2C[C@@]3(CCCc4cc(Cl)ccc43)COc3ccc(cc32)C(=O)N=S1(=O)NC(=O)CCc1ccnn1C.CC[C@@H]1CC/C=C/[C@H](OC)[C@@H]2CC[C@H]2CN2C[C@@]3(CCCc4cc(Cl)ccc43)COc3ccc(cc32)C(=O)N=S1(=O)NC(=O)CCc1ccnn1C. The summed E-state index contributed by atoms with van der Waals surface area (Å²) in [6, 6.07) is 27.0. The molecule has 14 rings (SSSR count). The smallest absolute Gasteiger partial charge is 0.286 e. The molecule has 4 aliphatic heterocycles. The Morgan fingerprint density at radius 3 is 1.39 bits per heavy atom. The topological polar surface area (TPSA) is 230 Å². The highest BCUT2D eigenvalue weighted by molar-refractivity contribution is 7.93. The number of rotatable bonds is 12. The van der Waals surface area contributed by atoms with E-state index in [1.54, 1.807) is 48.1 Å². The van der Waals surface area contributed by atoms with E-state index in [4.69, 9.17) is 42.1 Å². The Kier molecular flexibility index (Phi) is 23.3. The van der Waals surface area contributed by atoms with Gasteiger partial charge in [-0.1, -0.05) is 73.5 Å². The molecule has 2 saturated carbocycles. The fourth-order valence-corrected chi connectivity index (χ4v) is 22.0. The van der Waals surface area contributed by atoms with Gasteiger partial charge in [-0.25, -0.2) is 8.42 Å². The number of nitrogens with zero attached hydrogens (tertiary/aromatic N) is 8. The Hall–Kier alpha value is -7.34. The van der Waals surface area contributed by atoms with E-state index in [2.05, 4.69) is 86.7 Å². The number of ether oxygens (including phenoxy) is 4. The molecule has 556 valence electrons. The standard InChI is InChI=1S/2C40H50ClN5O5S/c2*1-4-32-9-5-6-10-36(50-3)33-15-11-29(33)24-46-25-40(20-7-8-27-22-30(41)13-16-34(27)40)26-51-37-17-12-28(23-35(37)46)39(48)44-52(32,49)43-38(47)18-14-31-19-21-42-45(31)2/h2*6,10,12-13,16-17,19,21-23,29,32-33,36H,4-5,7-9,11,14-15,18,20,24-26H2,1-3H3,(H,43,44,47,48,49)/b2*10-6+/t2*29-,32+,33+,36-,40-,52?/m00/s1. The first-order valence-corrected chi connectivity index (χ1v) is 41.3. The van der Waals surface area contributed by atoms with Gasteiger partial charge < -0.3 is 28.7 Å². The minimum absolute atomic E-state index is 0.0467. The minimum Gasteiger partial charge on any atom is -0.490 e. The molecule has 6 aromatic rings. The van der Waals surface area contributed by atoms with E-state index in [1.165, 1.54) is 22.3 Å². The van der Waals surface area contributed by atoms with Gasteiger partial charge in [0.1, 0.15) is 31.3 Å². The van der Waals surface area contributed by atoms with Crippen molar-refractivity contribution in [2.24, 2.45) is 46.5 Å². The lowest BCUT2D eigenvalue weighted by Gasteiger charge is -2.46. The lowest BCUT2D eigenvalue weighted by Crippen LogP contribution is -2.49. The average molecular weight is 1500 g/mol. The van der Waals surface area contributed by atoms with Crippen molar-refractivity contribution in [2.75, 3.05) is 63.4 Å². The van der Waals surface area contributed by atoms with Gasteiger partial charge in [-0.2, -0.15) is 10.2 Å². The summed E-state index contributed by atoms with van der Waals surface area (Å²) in [5.41, 5.74) is 8.66. The second-order valence-electron chi connectivity index (χ2n) is 29.9. The third-order valence-corrected chi connectivity index (χ3v) is 28.9. The van der Waals surface area contributed by atoms with Crippen molar-refractivity contribution in [2.45, 2.75) is 176 Å². The molecule has 0 saturated heterocycles. The van der Waals surface area contributed by atoms with Crippen molar-refractivity contribution in [1.29, 1.82) is 0 Å². The van der Waals surface area contributed by atoms with Gasteiger partial charge in [0.15, 0.2) is 0 Å². The van der Waals surface area contributed by atoms with Crippen LogP contribution in [0.2, 0.25) is 10.0 Å². The van der Waals surface area contributed by atoms with Crippen LogP contribution in [0.3, 0.4) is 0 Å². The molecule has 2 fully saturated rings. The largest absolute Gasteiger partial charge is 0.490 e. The third kappa shape index (κ3) is 16.2. The number of halogens is 2. The fourth-order valence-electron chi connectivity index (χ4n) is 17.5. The molecule has 4 aliphatic carbocycles. The molecule has 4 bridgehead atoms. The van der Waals surface area contributed by atoms with Crippen LogP contribution < -0.4 is 28.7 Å². The van der Waals surface area contributed by atoms with Crippen LogP contribution in [0.5, 0.6) is 11.5 Å². The van der Waals surface area contributed by atoms with Gasteiger partial charge in [-0.05, 0) is 234 Å². The van der Waals surface area contributed by atoms with Gasteiger partial charge in [-0.15, -0.1) is 8.73 Å². The quantitative estimate of drug-likeness (QED) is 0.109. The summed E-state index contributed by atoms with van der Waals surface area (Å²) in [5, 5.41) is 8.78. The summed E-state index contributed by atoms with van der Waals surface area (Å²) in [6.07, 6.45) is 26.3. The summed E-state index contributed by atoms with van der Waals surface area (Å²) in [6.45, 7) is 7.90. The zero-order chi connectivity index (χ0) is 72.9. The third-order valence-electron chi connectivity index (χ3n) is 23.6. The molecular weight excluding hydrogens is 1400 g/mol. The Labute approximate surface area is 623 Å².